The van der Waals surface area contributed by atoms with E-state index in [1.165, 1.54) is 0 Å². The topological polar surface area (TPSA) is 83.6 Å². The van der Waals surface area contributed by atoms with Crippen LogP contribution in [0, 0.1) is 13.8 Å². The van der Waals surface area contributed by atoms with Crippen molar-refractivity contribution in [3.05, 3.63) is 33.9 Å². The number of carbonyl (C=O) groups excluding carboxylic acids is 1. The van der Waals surface area contributed by atoms with Crippen LogP contribution in [0.1, 0.15) is 22.0 Å². The first kappa shape index (κ1) is 11.7. The summed E-state index contributed by atoms with van der Waals surface area (Å²) < 4.78 is 0.863. The molecule has 0 atom stereocenters. The summed E-state index contributed by atoms with van der Waals surface area (Å²) in [4.78, 5) is 19.8. The molecule has 0 aromatic carbocycles. The van der Waals surface area contributed by atoms with Gasteiger partial charge in [-0.1, -0.05) is 0 Å². The van der Waals surface area contributed by atoms with E-state index < -0.39 is 0 Å². The van der Waals surface area contributed by atoms with E-state index in [2.05, 4.69) is 41.4 Å². The second-order valence-corrected chi connectivity index (χ2v) is 4.43. The first-order chi connectivity index (χ1) is 8.06. The molecular weight excluding hydrogens is 286 g/mol. The number of H-pyrrole nitrogens is 1. The van der Waals surface area contributed by atoms with E-state index in [1.807, 2.05) is 13.0 Å². The van der Waals surface area contributed by atoms with Crippen molar-refractivity contribution in [2.45, 2.75) is 13.8 Å². The fourth-order valence-corrected chi connectivity index (χ4v) is 1.72. The largest absolute Gasteiger partial charge is 0.304 e. The fraction of sp³-hybridized carbons (Fsp3) is 0.200. The highest BCUT2D eigenvalue weighted by molar-refractivity contribution is 9.10. The summed E-state index contributed by atoms with van der Waals surface area (Å²) >= 11 is 3.31. The molecule has 0 aliphatic rings. The molecule has 6 nitrogen and oxygen atoms in total. The molecule has 2 aromatic rings. The summed E-state index contributed by atoms with van der Waals surface area (Å²) in [6.07, 6.45) is 1.62. The number of anilines is 1. The Labute approximate surface area is 106 Å². The van der Waals surface area contributed by atoms with Gasteiger partial charge in [0.05, 0.1) is 0 Å². The Bertz CT molecular complexity index is 566. The minimum atomic E-state index is -0.382. The number of amides is 1. The number of rotatable bonds is 2. The number of hydrogen-bond acceptors (Lipinski definition) is 4. The monoisotopic (exact) mass is 295 g/mol. The van der Waals surface area contributed by atoms with Crippen molar-refractivity contribution >= 4 is 27.7 Å². The van der Waals surface area contributed by atoms with Crippen LogP contribution >= 0.6 is 15.9 Å². The second-order valence-electron chi connectivity index (χ2n) is 3.52. The highest BCUT2D eigenvalue weighted by Crippen LogP contribution is 2.16. The van der Waals surface area contributed by atoms with Gasteiger partial charge in [-0.2, -0.15) is 0 Å². The van der Waals surface area contributed by atoms with E-state index in [1.54, 1.807) is 13.1 Å². The van der Waals surface area contributed by atoms with Gasteiger partial charge in [0.2, 0.25) is 5.82 Å². The number of pyridine rings is 1. The van der Waals surface area contributed by atoms with Crippen LogP contribution < -0.4 is 5.32 Å². The van der Waals surface area contributed by atoms with Crippen molar-refractivity contribution < 1.29 is 4.79 Å². The first-order valence-corrected chi connectivity index (χ1v) is 5.68. The maximum atomic E-state index is 11.8. The quantitative estimate of drug-likeness (QED) is 0.885. The highest BCUT2D eigenvalue weighted by Gasteiger charge is 2.13. The molecule has 0 unspecified atom stereocenters. The molecule has 2 heterocycles. The molecule has 0 bridgehead atoms. The second kappa shape index (κ2) is 4.62. The smallest absolute Gasteiger partial charge is 0.296 e. The fourth-order valence-electron chi connectivity index (χ4n) is 1.28. The zero-order valence-electron chi connectivity index (χ0n) is 9.28. The minimum Gasteiger partial charge on any atom is -0.304 e. The van der Waals surface area contributed by atoms with E-state index in [4.69, 9.17) is 0 Å². The lowest BCUT2D eigenvalue weighted by molar-refractivity contribution is 0.101. The van der Waals surface area contributed by atoms with Crippen LogP contribution in [0.15, 0.2) is 16.7 Å². The van der Waals surface area contributed by atoms with Crippen LogP contribution in [0.2, 0.25) is 0 Å². The standard InChI is InChI=1S/C10H10BrN5O/c1-5-3-7(11)4-12-8(5)14-10(17)9-13-6(2)15-16-9/h3-4H,1-2H3,(H,12,14,17)(H,13,15,16). The lowest BCUT2D eigenvalue weighted by Gasteiger charge is -2.05. The van der Waals surface area contributed by atoms with Gasteiger partial charge in [0.15, 0.2) is 0 Å². The van der Waals surface area contributed by atoms with Crippen LogP contribution in [0.3, 0.4) is 0 Å². The van der Waals surface area contributed by atoms with Crippen molar-refractivity contribution in [2.24, 2.45) is 0 Å². The molecular formula is C10H10BrN5O. The molecule has 7 heteroatoms. The molecule has 0 saturated carbocycles. The predicted octanol–water partition coefficient (Wildman–Crippen LogP) is 1.83. The number of aromatic nitrogens is 4. The van der Waals surface area contributed by atoms with Gasteiger partial charge in [-0.25, -0.2) is 9.97 Å². The van der Waals surface area contributed by atoms with Gasteiger partial charge in [-0.05, 0) is 41.4 Å². The van der Waals surface area contributed by atoms with Crippen LogP contribution in [-0.2, 0) is 0 Å². The van der Waals surface area contributed by atoms with Gasteiger partial charge in [0, 0.05) is 10.7 Å². The Morgan fingerprint density at radius 1 is 1.47 bits per heavy atom. The number of halogens is 1. The molecule has 1 amide bonds. The van der Waals surface area contributed by atoms with Crippen LogP contribution in [0.4, 0.5) is 5.82 Å². The van der Waals surface area contributed by atoms with Crippen molar-refractivity contribution in [2.75, 3.05) is 5.32 Å². The van der Waals surface area contributed by atoms with E-state index in [-0.39, 0.29) is 11.7 Å². The van der Waals surface area contributed by atoms with Crippen LogP contribution in [-0.4, -0.2) is 26.1 Å². The number of nitrogens with zero attached hydrogens (tertiary/aromatic N) is 3. The van der Waals surface area contributed by atoms with Crippen LogP contribution in [0.25, 0.3) is 0 Å². The summed E-state index contributed by atoms with van der Waals surface area (Å²) in [6.45, 7) is 3.59. The van der Waals surface area contributed by atoms with Gasteiger partial charge in [-0.15, -0.1) is 5.10 Å². The van der Waals surface area contributed by atoms with Gasteiger partial charge in [0.1, 0.15) is 11.6 Å². The summed E-state index contributed by atoms with van der Waals surface area (Å²) in [7, 11) is 0. The average molecular weight is 296 g/mol. The molecule has 2 N–H and O–H groups in total. The van der Waals surface area contributed by atoms with E-state index in [0.29, 0.717) is 11.6 Å². The summed E-state index contributed by atoms with van der Waals surface area (Å²) in [6, 6.07) is 1.87. The number of carbonyl (C=O) groups is 1. The molecule has 0 radical (unpaired) electrons. The van der Waals surface area contributed by atoms with E-state index in [9.17, 15) is 4.79 Å². The molecule has 0 aliphatic carbocycles. The SMILES string of the molecule is Cc1nc(C(=O)Nc2ncc(Br)cc2C)n[nH]1. The van der Waals surface area contributed by atoms with E-state index in [0.717, 1.165) is 10.0 Å². The normalized spacial score (nSPS) is 10.3. The third kappa shape index (κ3) is 2.68. The number of aryl methyl sites for hydroxylation is 2. The Hall–Kier alpha value is -1.76. The Kier molecular flexibility index (Phi) is 3.19. The number of hydrogen-bond donors (Lipinski definition) is 2. The molecule has 0 saturated heterocycles. The van der Waals surface area contributed by atoms with Gasteiger partial charge in [0.25, 0.3) is 5.91 Å². The minimum absolute atomic E-state index is 0.103. The maximum absolute atomic E-state index is 11.8. The number of nitrogens with one attached hydrogen (secondary N) is 2. The zero-order chi connectivity index (χ0) is 12.4. The summed E-state index contributed by atoms with van der Waals surface area (Å²) in [5.74, 6) is 0.815. The lowest BCUT2D eigenvalue weighted by atomic mass is 10.3. The molecule has 88 valence electrons. The first-order valence-electron chi connectivity index (χ1n) is 4.89. The summed E-state index contributed by atoms with van der Waals surface area (Å²) in [5, 5.41) is 9.03. The van der Waals surface area contributed by atoms with Gasteiger partial charge in [-0.3, -0.25) is 9.89 Å². The Balaban J connectivity index is 2.18. The van der Waals surface area contributed by atoms with Crippen molar-refractivity contribution in [1.29, 1.82) is 0 Å². The summed E-state index contributed by atoms with van der Waals surface area (Å²) in [5.41, 5.74) is 0.861. The maximum Gasteiger partial charge on any atom is 0.296 e. The molecule has 2 aromatic heterocycles. The molecule has 2 rings (SSSR count). The highest BCUT2D eigenvalue weighted by atomic mass is 79.9. The van der Waals surface area contributed by atoms with Crippen molar-refractivity contribution in [1.82, 2.24) is 20.2 Å². The average Bonchev–Trinajstić information content (AvgIpc) is 2.69. The molecule has 17 heavy (non-hydrogen) atoms. The third-order valence-corrected chi connectivity index (χ3v) is 2.51. The van der Waals surface area contributed by atoms with Gasteiger partial charge < -0.3 is 5.32 Å². The lowest BCUT2D eigenvalue weighted by Crippen LogP contribution is -2.15. The molecule has 0 aliphatic heterocycles. The molecule has 0 spiro atoms. The van der Waals surface area contributed by atoms with Gasteiger partial charge >= 0.3 is 0 Å². The molecule has 0 fully saturated rings. The predicted molar refractivity (Wildman–Crippen MR) is 65.7 cm³/mol. The number of aromatic amines is 1. The third-order valence-electron chi connectivity index (χ3n) is 2.08. The Morgan fingerprint density at radius 2 is 2.24 bits per heavy atom. The Morgan fingerprint density at radius 3 is 2.82 bits per heavy atom. The van der Waals surface area contributed by atoms with Crippen molar-refractivity contribution in [3.63, 3.8) is 0 Å². The van der Waals surface area contributed by atoms with Crippen molar-refractivity contribution in [3.8, 4) is 0 Å². The van der Waals surface area contributed by atoms with E-state index >= 15 is 0 Å². The zero-order valence-corrected chi connectivity index (χ0v) is 10.9. The van der Waals surface area contributed by atoms with Crippen LogP contribution in [0.5, 0.6) is 0 Å².